The van der Waals surface area contributed by atoms with Gasteiger partial charge in [0.25, 0.3) is 0 Å². The van der Waals surface area contributed by atoms with Crippen molar-refractivity contribution < 1.29 is 4.42 Å². The zero-order chi connectivity index (χ0) is 27.9. The van der Waals surface area contributed by atoms with Crippen molar-refractivity contribution in [1.82, 2.24) is 4.40 Å². The van der Waals surface area contributed by atoms with Gasteiger partial charge in [0.15, 0.2) is 0 Å². The molecular weight excluding hydrogens is 514 g/mol. The number of aromatic nitrogens is 1. The molecule has 0 N–H and O–H groups in total. The van der Waals surface area contributed by atoms with E-state index >= 15 is 0 Å². The fourth-order valence-electron chi connectivity index (χ4n) is 6.71. The van der Waals surface area contributed by atoms with Gasteiger partial charge in [-0.15, -0.1) is 0 Å². The number of hydrogen-bond donors (Lipinski definition) is 0. The lowest BCUT2D eigenvalue weighted by Crippen LogP contribution is -1.83. The Morgan fingerprint density at radius 1 is 0.500 bits per heavy atom. The van der Waals surface area contributed by atoms with Crippen molar-refractivity contribution in [3.63, 3.8) is 0 Å². The molecule has 42 heavy (non-hydrogen) atoms. The van der Waals surface area contributed by atoms with Crippen molar-refractivity contribution in [3.05, 3.63) is 126 Å². The maximum absolute atomic E-state index is 9.61. The van der Waals surface area contributed by atoms with Gasteiger partial charge < -0.3 is 8.82 Å². The molecule has 0 fully saturated rings. The first-order valence-corrected chi connectivity index (χ1v) is 13.8. The fourth-order valence-corrected chi connectivity index (χ4v) is 6.71. The van der Waals surface area contributed by atoms with Crippen molar-refractivity contribution in [3.8, 4) is 34.4 Å². The number of nitriles is 2. The summed E-state index contributed by atoms with van der Waals surface area (Å²) in [5, 5.41) is 25.9. The molecule has 3 aromatic heterocycles. The molecule has 0 unspecified atom stereocenters. The van der Waals surface area contributed by atoms with E-state index in [9.17, 15) is 10.5 Å². The Hall–Kier alpha value is -6.10. The second-order valence-electron chi connectivity index (χ2n) is 10.8. The van der Waals surface area contributed by atoms with Crippen LogP contribution in [0.5, 0.6) is 0 Å². The van der Waals surface area contributed by atoms with E-state index in [0.717, 1.165) is 82.3 Å². The first kappa shape index (κ1) is 22.7. The summed E-state index contributed by atoms with van der Waals surface area (Å²) >= 11 is 0. The van der Waals surface area contributed by atoms with Gasteiger partial charge >= 0.3 is 0 Å². The van der Waals surface area contributed by atoms with Gasteiger partial charge in [0, 0.05) is 32.3 Å². The number of hydrogen-bond acceptors (Lipinski definition) is 3. The molecule has 0 saturated heterocycles. The van der Waals surface area contributed by atoms with Gasteiger partial charge in [-0.25, -0.2) is 0 Å². The van der Waals surface area contributed by atoms with Crippen LogP contribution in [0.2, 0.25) is 0 Å². The van der Waals surface area contributed by atoms with Crippen LogP contribution in [0.15, 0.2) is 120 Å². The van der Waals surface area contributed by atoms with Gasteiger partial charge in [-0.05, 0) is 70.8 Å². The average Bonchev–Trinajstić information content (AvgIpc) is 3.70. The third-order valence-corrected chi connectivity index (χ3v) is 8.58. The van der Waals surface area contributed by atoms with E-state index in [-0.39, 0.29) is 0 Å². The standard InChI is InChI=1S/C38H19N3O/c39-20-22-8-14-28-31-18-26(19-32-29-15-9-23(21-40)17-34(29)41(38(31)32)33(28)16-22)24-10-12-25(13-11-24)27-5-3-7-36-37(27)30-4-1-2-6-35(30)42-36/h1-19H. The normalized spacial score (nSPS) is 11.8. The Morgan fingerprint density at radius 3 is 1.79 bits per heavy atom. The molecule has 192 valence electrons. The zero-order valence-electron chi connectivity index (χ0n) is 22.2. The molecule has 0 bridgehead atoms. The third kappa shape index (κ3) is 2.98. The molecule has 9 aromatic rings. The highest BCUT2D eigenvalue weighted by molar-refractivity contribution is 6.24. The van der Waals surface area contributed by atoms with Crippen LogP contribution in [0.3, 0.4) is 0 Å². The molecule has 0 aliphatic rings. The molecule has 0 aliphatic carbocycles. The van der Waals surface area contributed by atoms with Crippen LogP contribution in [-0.4, -0.2) is 4.40 Å². The van der Waals surface area contributed by atoms with E-state index in [0.29, 0.717) is 11.1 Å². The summed E-state index contributed by atoms with van der Waals surface area (Å²) in [6.45, 7) is 0. The predicted octanol–water partition coefficient (Wildman–Crippen LogP) is 9.81. The Labute approximate surface area is 239 Å². The summed E-state index contributed by atoms with van der Waals surface area (Å²) < 4.78 is 8.33. The molecule has 0 atom stereocenters. The zero-order valence-corrected chi connectivity index (χ0v) is 22.2. The lowest BCUT2D eigenvalue weighted by molar-refractivity contribution is 0.669. The Morgan fingerprint density at radius 2 is 1.12 bits per heavy atom. The molecule has 4 heteroatoms. The van der Waals surface area contributed by atoms with E-state index in [4.69, 9.17) is 4.42 Å². The molecule has 0 spiro atoms. The lowest BCUT2D eigenvalue weighted by Gasteiger charge is -2.08. The SMILES string of the molecule is N#Cc1ccc2c3cc(-c4ccc(-c5cccc6oc7ccccc7c56)cc4)cc4c5ccc(C#N)cc5n(c2c1)c34. The Bertz CT molecular complexity index is 2540. The number of para-hydroxylation sites is 1. The van der Waals surface area contributed by atoms with E-state index in [2.05, 4.69) is 71.1 Å². The fraction of sp³-hybridized carbons (Fsp3) is 0. The summed E-state index contributed by atoms with van der Waals surface area (Å²) in [6.07, 6.45) is 0. The van der Waals surface area contributed by atoms with E-state index in [1.54, 1.807) is 0 Å². The van der Waals surface area contributed by atoms with Crippen LogP contribution < -0.4 is 0 Å². The third-order valence-electron chi connectivity index (χ3n) is 8.58. The highest BCUT2D eigenvalue weighted by atomic mass is 16.3. The van der Waals surface area contributed by atoms with Gasteiger partial charge in [0.05, 0.1) is 39.8 Å². The largest absolute Gasteiger partial charge is 0.456 e. The predicted molar refractivity (Wildman–Crippen MR) is 169 cm³/mol. The average molecular weight is 534 g/mol. The molecule has 6 aromatic carbocycles. The molecule has 0 aliphatic heterocycles. The highest BCUT2D eigenvalue weighted by Gasteiger charge is 2.20. The summed E-state index contributed by atoms with van der Waals surface area (Å²) in [5.74, 6) is 0. The number of benzene rings is 6. The second kappa shape index (κ2) is 8.21. The van der Waals surface area contributed by atoms with Gasteiger partial charge in [-0.3, -0.25) is 0 Å². The number of rotatable bonds is 2. The first-order valence-electron chi connectivity index (χ1n) is 13.8. The van der Waals surface area contributed by atoms with Crippen molar-refractivity contribution in [2.24, 2.45) is 0 Å². The summed E-state index contributed by atoms with van der Waals surface area (Å²) in [5.41, 5.74) is 10.6. The van der Waals surface area contributed by atoms with Gasteiger partial charge in [0.1, 0.15) is 11.2 Å². The minimum absolute atomic E-state index is 0.615. The molecule has 4 nitrogen and oxygen atoms in total. The lowest BCUT2D eigenvalue weighted by atomic mass is 9.95. The smallest absolute Gasteiger partial charge is 0.136 e. The van der Waals surface area contributed by atoms with E-state index < -0.39 is 0 Å². The Kier molecular flexibility index (Phi) is 4.43. The summed E-state index contributed by atoms with van der Waals surface area (Å²) in [6, 6.07) is 43.9. The van der Waals surface area contributed by atoms with Gasteiger partial charge in [-0.1, -0.05) is 66.7 Å². The van der Waals surface area contributed by atoms with Crippen molar-refractivity contribution in [2.45, 2.75) is 0 Å². The van der Waals surface area contributed by atoms with Crippen molar-refractivity contribution in [1.29, 1.82) is 10.5 Å². The van der Waals surface area contributed by atoms with E-state index in [1.165, 1.54) is 0 Å². The van der Waals surface area contributed by atoms with Crippen LogP contribution in [0, 0.1) is 22.7 Å². The van der Waals surface area contributed by atoms with Crippen molar-refractivity contribution in [2.75, 3.05) is 0 Å². The quantitative estimate of drug-likeness (QED) is 0.222. The monoisotopic (exact) mass is 533 g/mol. The minimum Gasteiger partial charge on any atom is -0.456 e. The van der Waals surface area contributed by atoms with Crippen LogP contribution in [0.4, 0.5) is 0 Å². The van der Waals surface area contributed by atoms with Crippen LogP contribution in [-0.2, 0) is 0 Å². The minimum atomic E-state index is 0.615. The van der Waals surface area contributed by atoms with E-state index in [1.807, 2.05) is 60.7 Å². The van der Waals surface area contributed by atoms with Gasteiger partial charge in [-0.2, -0.15) is 10.5 Å². The number of fused-ring (bicyclic) bond motifs is 9. The molecular formula is C38H19N3O. The highest BCUT2D eigenvalue weighted by Crippen LogP contribution is 2.43. The summed E-state index contributed by atoms with van der Waals surface area (Å²) in [7, 11) is 0. The first-order chi connectivity index (χ1) is 20.7. The molecule has 0 radical (unpaired) electrons. The maximum atomic E-state index is 9.61. The number of furan rings is 1. The molecule has 9 rings (SSSR count). The van der Waals surface area contributed by atoms with Crippen molar-refractivity contribution >= 4 is 60.0 Å². The molecule has 0 amide bonds. The molecule has 0 saturated carbocycles. The number of nitrogens with zero attached hydrogens (tertiary/aromatic N) is 3. The topological polar surface area (TPSA) is 65.1 Å². The second-order valence-corrected chi connectivity index (χ2v) is 10.8. The maximum Gasteiger partial charge on any atom is 0.136 e. The Balaban J connectivity index is 1.27. The van der Waals surface area contributed by atoms with Crippen LogP contribution in [0.1, 0.15) is 11.1 Å². The van der Waals surface area contributed by atoms with Crippen LogP contribution in [0.25, 0.3) is 82.3 Å². The van der Waals surface area contributed by atoms with Gasteiger partial charge in [0.2, 0.25) is 0 Å². The summed E-state index contributed by atoms with van der Waals surface area (Å²) in [4.78, 5) is 0. The van der Waals surface area contributed by atoms with Crippen LogP contribution >= 0.6 is 0 Å². The molecule has 3 heterocycles.